The van der Waals surface area contributed by atoms with E-state index in [4.69, 9.17) is 0 Å². The number of carbonyl (C=O) groups is 1. The highest BCUT2D eigenvalue weighted by Gasteiger charge is 2.22. The molecule has 0 spiro atoms. The maximum absolute atomic E-state index is 12.3. The largest absolute Gasteiger partial charge is 0.501 e. The van der Waals surface area contributed by atoms with E-state index in [1.807, 2.05) is 53.9 Å². The van der Waals surface area contributed by atoms with Crippen LogP contribution < -0.4 is 5.56 Å². The normalized spacial score (nSPS) is 11.0. The minimum Gasteiger partial charge on any atom is -0.501 e. The predicted molar refractivity (Wildman–Crippen MR) is 101 cm³/mol. The zero-order valence-corrected chi connectivity index (χ0v) is 15.0. The van der Waals surface area contributed by atoms with Crippen molar-refractivity contribution in [3.63, 3.8) is 0 Å². The standard InChI is InChI=1S/C19H16N2O4S/c1-21-17(20-14(19(24)25-2)15(22)18(21)23)16-13(10-11-26-16)9-8-12-6-4-3-5-7-12/h3-11,22H,1-2H3/b9-8+. The van der Waals surface area contributed by atoms with Gasteiger partial charge < -0.3 is 9.84 Å². The summed E-state index contributed by atoms with van der Waals surface area (Å²) in [6.07, 6.45) is 3.86. The molecule has 3 rings (SSSR count). The average Bonchev–Trinajstić information content (AvgIpc) is 3.13. The smallest absolute Gasteiger partial charge is 0.360 e. The molecule has 132 valence electrons. The third kappa shape index (κ3) is 3.29. The Morgan fingerprint density at radius 2 is 1.96 bits per heavy atom. The van der Waals surface area contributed by atoms with Crippen molar-refractivity contribution < 1.29 is 14.6 Å². The molecular formula is C19H16N2O4S. The van der Waals surface area contributed by atoms with Crippen LogP contribution in [0.3, 0.4) is 0 Å². The minimum atomic E-state index is -0.862. The summed E-state index contributed by atoms with van der Waals surface area (Å²) in [5.41, 5.74) is 0.786. The van der Waals surface area contributed by atoms with Crippen LogP contribution >= 0.6 is 11.3 Å². The van der Waals surface area contributed by atoms with Gasteiger partial charge in [0.05, 0.1) is 12.0 Å². The molecule has 0 saturated heterocycles. The van der Waals surface area contributed by atoms with Gasteiger partial charge in [-0.3, -0.25) is 9.36 Å². The highest BCUT2D eigenvalue weighted by molar-refractivity contribution is 7.13. The molecule has 0 bridgehead atoms. The molecule has 0 unspecified atom stereocenters. The number of benzene rings is 1. The van der Waals surface area contributed by atoms with Gasteiger partial charge >= 0.3 is 5.97 Å². The fraction of sp³-hybridized carbons (Fsp3) is 0.105. The van der Waals surface area contributed by atoms with Gasteiger partial charge in [0.25, 0.3) is 5.56 Å². The highest BCUT2D eigenvalue weighted by atomic mass is 32.1. The first kappa shape index (κ1) is 17.6. The van der Waals surface area contributed by atoms with Crippen LogP contribution in [0.5, 0.6) is 5.75 Å². The Hall–Kier alpha value is -3.19. The number of esters is 1. The molecule has 0 radical (unpaired) electrons. The number of aromatic hydroxyl groups is 1. The zero-order chi connectivity index (χ0) is 18.7. The van der Waals surface area contributed by atoms with Crippen molar-refractivity contribution in [2.75, 3.05) is 7.11 Å². The number of aromatic nitrogens is 2. The van der Waals surface area contributed by atoms with Crippen molar-refractivity contribution in [2.24, 2.45) is 7.05 Å². The quantitative estimate of drug-likeness (QED) is 0.716. The summed E-state index contributed by atoms with van der Waals surface area (Å²) in [5.74, 6) is -1.30. The lowest BCUT2D eigenvalue weighted by Crippen LogP contribution is -2.23. The van der Waals surface area contributed by atoms with Crippen LogP contribution in [0.4, 0.5) is 0 Å². The van der Waals surface area contributed by atoms with Crippen LogP contribution in [0.1, 0.15) is 21.6 Å². The molecule has 0 aliphatic carbocycles. The number of ether oxygens (including phenoxy) is 1. The lowest BCUT2D eigenvalue weighted by Gasteiger charge is -2.10. The number of hydrogen-bond donors (Lipinski definition) is 1. The minimum absolute atomic E-state index is 0.288. The van der Waals surface area contributed by atoms with Crippen molar-refractivity contribution in [3.05, 3.63) is 69.0 Å². The van der Waals surface area contributed by atoms with E-state index in [9.17, 15) is 14.7 Å². The van der Waals surface area contributed by atoms with E-state index in [1.165, 1.54) is 30.1 Å². The fourth-order valence-electron chi connectivity index (χ4n) is 2.41. The Balaban J connectivity index is 2.10. The van der Waals surface area contributed by atoms with Gasteiger partial charge in [-0.1, -0.05) is 42.5 Å². The first-order valence-corrected chi connectivity index (χ1v) is 8.60. The average molecular weight is 368 g/mol. The van der Waals surface area contributed by atoms with E-state index in [1.54, 1.807) is 0 Å². The molecule has 0 fully saturated rings. The van der Waals surface area contributed by atoms with Crippen LogP contribution in [0.2, 0.25) is 0 Å². The van der Waals surface area contributed by atoms with Gasteiger partial charge in [0.2, 0.25) is 5.75 Å². The Kier molecular flexibility index (Phi) is 4.99. The third-order valence-electron chi connectivity index (χ3n) is 3.80. The molecule has 2 heterocycles. The van der Waals surface area contributed by atoms with Gasteiger partial charge in [-0.25, -0.2) is 9.78 Å². The topological polar surface area (TPSA) is 81.4 Å². The summed E-state index contributed by atoms with van der Waals surface area (Å²) in [4.78, 5) is 29.0. The van der Waals surface area contributed by atoms with Crippen molar-refractivity contribution >= 4 is 29.5 Å². The van der Waals surface area contributed by atoms with Crippen LogP contribution in [-0.2, 0) is 11.8 Å². The molecular weight excluding hydrogens is 352 g/mol. The van der Waals surface area contributed by atoms with E-state index in [-0.39, 0.29) is 5.82 Å². The van der Waals surface area contributed by atoms with Crippen molar-refractivity contribution in [2.45, 2.75) is 0 Å². The first-order chi connectivity index (χ1) is 12.5. The SMILES string of the molecule is COC(=O)c1nc(-c2sccc2/C=C/c2ccccc2)n(C)c(=O)c1O. The Morgan fingerprint density at radius 3 is 2.65 bits per heavy atom. The van der Waals surface area contributed by atoms with E-state index in [0.29, 0.717) is 4.88 Å². The van der Waals surface area contributed by atoms with E-state index in [0.717, 1.165) is 11.1 Å². The van der Waals surface area contributed by atoms with Crippen LogP contribution in [-0.4, -0.2) is 27.7 Å². The Morgan fingerprint density at radius 1 is 1.23 bits per heavy atom. The molecule has 2 aromatic heterocycles. The van der Waals surface area contributed by atoms with Crippen LogP contribution in [0.25, 0.3) is 22.9 Å². The summed E-state index contributed by atoms with van der Waals surface area (Å²) in [5, 5.41) is 11.8. The number of carbonyl (C=O) groups excluding carboxylic acids is 1. The summed E-state index contributed by atoms with van der Waals surface area (Å²) in [6.45, 7) is 0. The fourth-order valence-corrected chi connectivity index (χ4v) is 3.33. The molecule has 1 N–H and O–H groups in total. The number of hydrogen-bond acceptors (Lipinski definition) is 6. The molecule has 6 nitrogen and oxygen atoms in total. The number of nitrogens with zero attached hydrogens (tertiary/aromatic N) is 2. The molecule has 0 amide bonds. The number of thiophene rings is 1. The lowest BCUT2D eigenvalue weighted by atomic mass is 10.1. The van der Waals surface area contributed by atoms with Gasteiger partial charge in [-0.05, 0) is 22.6 Å². The van der Waals surface area contributed by atoms with Gasteiger partial charge in [0, 0.05) is 7.05 Å². The predicted octanol–water partition coefficient (Wildman–Crippen LogP) is 3.17. The summed E-state index contributed by atoms with van der Waals surface area (Å²) in [7, 11) is 2.66. The first-order valence-electron chi connectivity index (χ1n) is 7.72. The summed E-state index contributed by atoms with van der Waals surface area (Å²) in [6, 6.07) is 11.7. The van der Waals surface area contributed by atoms with Gasteiger partial charge in [0.1, 0.15) is 0 Å². The molecule has 0 saturated carbocycles. The lowest BCUT2D eigenvalue weighted by molar-refractivity contribution is 0.0589. The molecule has 7 heteroatoms. The maximum atomic E-state index is 12.3. The van der Waals surface area contributed by atoms with Gasteiger partial charge in [-0.2, -0.15) is 0 Å². The summed E-state index contributed by atoms with van der Waals surface area (Å²) < 4.78 is 5.82. The monoisotopic (exact) mass is 368 g/mol. The zero-order valence-electron chi connectivity index (χ0n) is 14.2. The van der Waals surface area contributed by atoms with E-state index in [2.05, 4.69) is 9.72 Å². The molecule has 0 aliphatic heterocycles. The molecule has 1 aromatic carbocycles. The molecule has 0 aliphatic rings. The summed E-state index contributed by atoms with van der Waals surface area (Å²) >= 11 is 1.39. The van der Waals surface area contributed by atoms with Gasteiger partial charge in [-0.15, -0.1) is 11.3 Å². The van der Waals surface area contributed by atoms with Crippen molar-refractivity contribution in [1.29, 1.82) is 0 Å². The van der Waals surface area contributed by atoms with E-state index >= 15 is 0 Å². The van der Waals surface area contributed by atoms with Crippen molar-refractivity contribution in [3.8, 4) is 16.5 Å². The molecule has 3 aromatic rings. The van der Waals surface area contributed by atoms with E-state index < -0.39 is 23.0 Å². The molecule has 0 atom stereocenters. The second-order valence-electron chi connectivity index (χ2n) is 5.44. The van der Waals surface area contributed by atoms with Crippen LogP contribution in [0, 0.1) is 0 Å². The van der Waals surface area contributed by atoms with Crippen molar-refractivity contribution in [1.82, 2.24) is 9.55 Å². The Labute approximate surface area is 153 Å². The number of methoxy groups -OCH3 is 1. The number of rotatable bonds is 4. The van der Waals surface area contributed by atoms with Gasteiger partial charge in [0.15, 0.2) is 11.5 Å². The second-order valence-corrected chi connectivity index (χ2v) is 6.35. The second kappa shape index (κ2) is 7.37. The maximum Gasteiger partial charge on any atom is 0.360 e. The van der Waals surface area contributed by atoms with Crippen LogP contribution in [0.15, 0.2) is 46.6 Å². The highest BCUT2D eigenvalue weighted by Crippen LogP contribution is 2.30. The third-order valence-corrected chi connectivity index (χ3v) is 4.73. The molecule has 26 heavy (non-hydrogen) atoms. The Bertz CT molecular complexity index is 1040.